The number of likely N-dealkylation sites (tertiary alicyclic amines) is 1. The van der Waals surface area contributed by atoms with E-state index in [1.807, 2.05) is 13.8 Å². The minimum atomic E-state index is 0. The lowest BCUT2D eigenvalue weighted by molar-refractivity contribution is -0.123. The first-order valence-corrected chi connectivity index (χ1v) is 9.16. The molecule has 0 radical (unpaired) electrons. The molecule has 1 aliphatic heterocycles. The van der Waals surface area contributed by atoms with Crippen molar-refractivity contribution in [1.82, 2.24) is 20.9 Å². The molecule has 0 aromatic rings. The average Bonchev–Trinajstić information content (AvgIpc) is 3.37. The minimum Gasteiger partial charge on any atom is -0.357 e. The van der Waals surface area contributed by atoms with Gasteiger partial charge in [0.25, 0.3) is 0 Å². The van der Waals surface area contributed by atoms with Crippen LogP contribution in [-0.4, -0.2) is 61.6 Å². The molecule has 1 aliphatic carbocycles. The Morgan fingerprint density at radius 3 is 2.38 bits per heavy atom. The highest BCUT2D eigenvalue weighted by molar-refractivity contribution is 14.0. The Labute approximate surface area is 163 Å². The molecule has 7 heteroatoms. The maximum Gasteiger partial charge on any atom is 0.222 e. The second-order valence-corrected chi connectivity index (χ2v) is 6.89. The van der Waals surface area contributed by atoms with Crippen LogP contribution in [0.3, 0.4) is 0 Å². The van der Waals surface area contributed by atoms with Crippen LogP contribution in [0.25, 0.3) is 0 Å². The Morgan fingerprint density at radius 2 is 1.83 bits per heavy atom. The lowest BCUT2D eigenvalue weighted by atomic mass is 10.1. The third-order valence-corrected chi connectivity index (χ3v) is 4.48. The van der Waals surface area contributed by atoms with Gasteiger partial charge in [0.15, 0.2) is 5.96 Å². The summed E-state index contributed by atoms with van der Waals surface area (Å²) in [4.78, 5) is 18.7. The predicted octanol–water partition coefficient (Wildman–Crippen LogP) is 1.56. The van der Waals surface area contributed by atoms with Crippen molar-refractivity contribution in [2.45, 2.75) is 58.5 Å². The van der Waals surface area contributed by atoms with Crippen LogP contribution >= 0.6 is 24.0 Å². The number of amides is 1. The molecule has 2 rings (SSSR count). The van der Waals surface area contributed by atoms with Crippen molar-refractivity contribution in [2.75, 3.05) is 32.7 Å². The lowest BCUT2D eigenvalue weighted by Gasteiger charge is -2.33. The second kappa shape index (κ2) is 11.1. The van der Waals surface area contributed by atoms with Gasteiger partial charge in [-0.05, 0) is 32.6 Å². The van der Waals surface area contributed by atoms with E-state index in [1.165, 1.54) is 38.8 Å². The number of nitrogens with one attached hydrogen (secondary N) is 3. The summed E-state index contributed by atoms with van der Waals surface area (Å²) in [6, 6.07) is 1.38. The third kappa shape index (κ3) is 7.55. The SMILES string of the molecule is CCNC(=NCCNC(=O)C(C)C)NC1CCN(C2CC2)CC1.I. The van der Waals surface area contributed by atoms with Crippen molar-refractivity contribution >= 4 is 35.8 Å². The molecule has 0 aromatic carbocycles. The van der Waals surface area contributed by atoms with Crippen LogP contribution < -0.4 is 16.0 Å². The van der Waals surface area contributed by atoms with E-state index in [2.05, 4.69) is 32.8 Å². The first kappa shape index (κ1) is 21.5. The average molecular weight is 451 g/mol. The smallest absolute Gasteiger partial charge is 0.222 e. The molecule has 2 aliphatic rings. The molecule has 1 saturated carbocycles. The Hall–Kier alpha value is -0.570. The number of piperidine rings is 1. The van der Waals surface area contributed by atoms with Crippen molar-refractivity contribution in [3.63, 3.8) is 0 Å². The highest BCUT2D eigenvalue weighted by Gasteiger charge is 2.31. The summed E-state index contributed by atoms with van der Waals surface area (Å²) in [6.45, 7) is 10.3. The molecule has 0 aromatic heterocycles. The van der Waals surface area contributed by atoms with Gasteiger partial charge >= 0.3 is 0 Å². The zero-order valence-electron chi connectivity index (χ0n) is 15.3. The van der Waals surface area contributed by atoms with Gasteiger partial charge in [0.05, 0.1) is 6.54 Å². The summed E-state index contributed by atoms with van der Waals surface area (Å²) >= 11 is 0. The molecule has 24 heavy (non-hydrogen) atoms. The molecule has 1 saturated heterocycles. The molecule has 3 N–H and O–H groups in total. The third-order valence-electron chi connectivity index (χ3n) is 4.48. The van der Waals surface area contributed by atoms with E-state index in [9.17, 15) is 4.79 Å². The van der Waals surface area contributed by atoms with E-state index in [1.54, 1.807) is 0 Å². The Morgan fingerprint density at radius 1 is 1.17 bits per heavy atom. The number of nitrogens with zero attached hydrogens (tertiary/aromatic N) is 2. The van der Waals surface area contributed by atoms with Crippen LogP contribution in [0.5, 0.6) is 0 Å². The van der Waals surface area contributed by atoms with Crippen molar-refractivity contribution in [1.29, 1.82) is 0 Å². The highest BCUT2D eigenvalue weighted by Crippen LogP contribution is 2.29. The standard InChI is InChI=1S/C17H33N5O.HI/c1-4-18-17(20-10-9-19-16(23)13(2)3)21-14-7-11-22(12-8-14)15-5-6-15;/h13-15H,4-12H2,1-3H3,(H,19,23)(H2,18,20,21);1H. The number of hydrogen-bond donors (Lipinski definition) is 3. The zero-order chi connectivity index (χ0) is 16.7. The fourth-order valence-electron chi connectivity index (χ4n) is 2.91. The van der Waals surface area contributed by atoms with Crippen molar-refractivity contribution in [3.05, 3.63) is 0 Å². The molecular formula is C17H34IN5O. The number of guanidine groups is 1. The maximum absolute atomic E-state index is 11.5. The van der Waals surface area contributed by atoms with Crippen LogP contribution in [0.4, 0.5) is 0 Å². The molecular weight excluding hydrogens is 417 g/mol. The van der Waals surface area contributed by atoms with Crippen LogP contribution in [0.1, 0.15) is 46.5 Å². The van der Waals surface area contributed by atoms with Gasteiger partial charge < -0.3 is 20.9 Å². The number of carbonyl (C=O) groups is 1. The first-order valence-electron chi connectivity index (χ1n) is 9.16. The summed E-state index contributed by atoms with van der Waals surface area (Å²) in [6.07, 6.45) is 5.16. The topological polar surface area (TPSA) is 68.8 Å². The van der Waals surface area contributed by atoms with Crippen LogP contribution in [0.15, 0.2) is 4.99 Å². The zero-order valence-corrected chi connectivity index (χ0v) is 17.6. The van der Waals surface area contributed by atoms with E-state index in [0.717, 1.165) is 18.5 Å². The Bertz CT molecular complexity index is 404. The number of carbonyl (C=O) groups excluding carboxylic acids is 1. The normalized spacial score (nSPS) is 19.8. The fraction of sp³-hybridized carbons (Fsp3) is 0.882. The van der Waals surface area contributed by atoms with Crippen molar-refractivity contribution in [3.8, 4) is 0 Å². The predicted molar refractivity (Wildman–Crippen MR) is 110 cm³/mol. The van der Waals surface area contributed by atoms with Crippen LogP contribution in [0, 0.1) is 5.92 Å². The van der Waals surface area contributed by atoms with E-state index in [-0.39, 0.29) is 35.8 Å². The number of hydrogen-bond acceptors (Lipinski definition) is 3. The van der Waals surface area contributed by atoms with Gasteiger partial charge in [0, 0.05) is 44.2 Å². The van der Waals surface area contributed by atoms with E-state index in [0.29, 0.717) is 19.1 Å². The van der Waals surface area contributed by atoms with Crippen LogP contribution in [-0.2, 0) is 4.79 Å². The van der Waals surface area contributed by atoms with E-state index < -0.39 is 0 Å². The Balaban J connectivity index is 0.00000288. The first-order chi connectivity index (χ1) is 11.1. The van der Waals surface area contributed by atoms with Crippen LogP contribution in [0.2, 0.25) is 0 Å². The van der Waals surface area contributed by atoms with Crippen molar-refractivity contribution in [2.24, 2.45) is 10.9 Å². The summed E-state index contributed by atoms with van der Waals surface area (Å²) < 4.78 is 0. The summed E-state index contributed by atoms with van der Waals surface area (Å²) in [7, 11) is 0. The number of rotatable bonds is 7. The van der Waals surface area contributed by atoms with Gasteiger partial charge in [-0.1, -0.05) is 13.8 Å². The lowest BCUT2D eigenvalue weighted by Crippen LogP contribution is -2.49. The van der Waals surface area contributed by atoms with E-state index in [4.69, 9.17) is 0 Å². The largest absolute Gasteiger partial charge is 0.357 e. The number of aliphatic imine (C=N–C) groups is 1. The molecule has 0 atom stereocenters. The fourth-order valence-corrected chi connectivity index (χ4v) is 2.91. The van der Waals surface area contributed by atoms with Gasteiger partial charge in [-0.3, -0.25) is 9.79 Å². The molecule has 6 nitrogen and oxygen atoms in total. The molecule has 140 valence electrons. The second-order valence-electron chi connectivity index (χ2n) is 6.89. The van der Waals surface area contributed by atoms with Gasteiger partial charge in [-0.25, -0.2) is 0 Å². The molecule has 0 bridgehead atoms. The van der Waals surface area contributed by atoms with Gasteiger partial charge in [0.2, 0.25) is 5.91 Å². The molecule has 1 amide bonds. The highest BCUT2D eigenvalue weighted by atomic mass is 127. The maximum atomic E-state index is 11.5. The van der Waals surface area contributed by atoms with E-state index >= 15 is 0 Å². The van der Waals surface area contributed by atoms with Crippen molar-refractivity contribution < 1.29 is 4.79 Å². The molecule has 0 spiro atoms. The van der Waals surface area contributed by atoms with Gasteiger partial charge in [-0.2, -0.15) is 0 Å². The summed E-state index contributed by atoms with van der Waals surface area (Å²) in [5, 5.41) is 9.75. The van der Waals surface area contributed by atoms with Gasteiger partial charge in [0.1, 0.15) is 0 Å². The minimum absolute atomic E-state index is 0. The quantitative estimate of drug-likeness (QED) is 0.238. The van der Waals surface area contributed by atoms with Gasteiger partial charge in [-0.15, -0.1) is 24.0 Å². The summed E-state index contributed by atoms with van der Waals surface area (Å²) in [5.41, 5.74) is 0. The monoisotopic (exact) mass is 451 g/mol. The molecule has 0 unspecified atom stereocenters. The molecule has 2 fully saturated rings. The Kier molecular flexibility index (Phi) is 9.95. The number of halogens is 1. The molecule has 1 heterocycles. The summed E-state index contributed by atoms with van der Waals surface area (Å²) in [5.74, 6) is 0.990.